The summed E-state index contributed by atoms with van der Waals surface area (Å²) in [7, 11) is 0. The predicted octanol–water partition coefficient (Wildman–Crippen LogP) is 2.75. The standard InChI is InChI=1S/C21H22N4O3/c1-14-11-15-12-17(19(13-20(15)28-14)24-7-9-27-10-8-24)23-21(26)18-5-4-16-3-2-6-22-25(16)18/h2-6,12-14H,7-11H2,1H3,(H,23,26). The Labute approximate surface area is 162 Å². The van der Waals surface area contributed by atoms with E-state index < -0.39 is 0 Å². The molecule has 2 aliphatic heterocycles. The molecule has 1 fully saturated rings. The second-order valence-electron chi connectivity index (χ2n) is 7.24. The largest absolute Gasteiger partial charge is 0.490 e. The number of hydrogen-bond acceptors (Lipinski definition) is 5. The van der Waals surface area contributed by atoms with E-state index in [0.717, 1.165) is 47.7 Å². The van der Waals surface area contributed by atoms with Gasteiger partial charge >= 0.3 is 0 Å². The molecular weight excluding hydrogens is 356 g/mol. The first-order chi connectivity index (χ1) is 13.7. The lowest BCUT2D eigenvalue weighted by Crippen LogP contribution is -2.36. The molecule has 28 heavy (non-hydrogen) atoms. The summed E-state index contributed by atoms with van der Waals surface area (Å²) in [5.74, 6) is 0.724. The normalized spacial score (nSPS) is 18.8. The van der Waals surface area contributed by atoms with Gasteiger partial charge in [0.25, 0.3) is 5.91 Å². The maximum atomic E-state index is 13.0. The number of carbonyl (C=O) groups is 1. The van der Waals surface area contributed by atoms with Crippen LogP contribution in [0.1, 0.15) is 23.0 Å². The van der Waals surface area contributed by atoms with E-state index in [9.17, 15) is 4.79 Å². The first kappa shape index (κ1) is 17.1. The van der Waals surface area contributed by atoms with Gasteiger partial charge in [0.2, 0.25) is 0 Å². The number of ether oxygens (including phenoxy) is 2. The Morgan fingerprint density at radius 2 is 2.07 bits per heavy atom. The van der Waals surface area contributed by atoms with Crippen molar-refractivity contribution in [2.75, 3.05) is 36.5 Å². The highest BCUT2D eigenvalue weighted by atomic mass is 16.5. The average Bonchev–Trinajstić information content (AvgIpc) is 3.30. The van der Waals surface area contributed by atoms with Crippen molar-refractivity contribution in [1.29, 1.82) is 0 Å². The fraction of sp³-hybridized carbons (Fsp3) is 0.333. The zero-order chi connectivity index (χ0) is 19.1. The number of rotatable bonds is 3. The van der Waals surface area contributed by atoms with E-state index in [4.69, 9.17) is 9.47 Å². The van der Waals surface area contributed by atoms with Gasteiger partial charge in [0.05, 0.1) is 30.1 Å². The van der Waals surface area contributed by atoms with Gasteiger partial charge in [0, 0.05) is 37.3 Å². The number of nitrogens with zero attached hydrogens (tertiary/aromatic N) is 3. The molecular formula is C21H22N4O3. The molecule has 1 aromatic carbocycles. The van der Waals surface area contributed by atoms with Crippen LogP contribution in [0.4, 0.5) is 11.4 Å². The maximum absolute atomic E-state index is 13.0. The molecule has 2 aliphatic rings. The molecule has 1 atom stereocenters. The monoisotopic (exact) mass is 378 g/mol. The van der Waals surface area contributed by atoms with Crippen molar-refractivity contribution in [1.82, 2.24) is 9.61 Å². The van der Waals surface area contributed by atoms with Gasteiger partial charge in [-0.25, -0.2) is 4.52 Å². The predicted molar refractivity (Wildman–Crippen MR) is 106 cm³/mol. The molecule has 0 spiro atoms. The van der Waals surface area contributed by atoms with Crippen molar-refractivity contribution in [2.24, 2.45) is 0 Å². The lowest BCUT2D eigenvalue weighted by atomic mass is 10.1. The van der Waals surface area contributed by atoms with Gasteiger partial charge in [-0.05, 0) is 37.3 Å². The third-order valence-corrected chi connectivity index (χ3v) is 5.27. The number of anilines is 2. The molecule has 1 N–H and O–H groups in total. The van der Waals surface area contributed by atoms with Crippen molar-refractivity contribution < 1.29 is 14.3 Å². The van der Waals surface area contributed by atoms with Gasteiger partial charge in [-0.2, -0.15) is 5.10 Å². The minimum absolute atomic E-state index is 0.150. The van der Waals surface area contributed by atoms with Crippen molar-refractivity contribution in [3.63, 3.8) is 0 Å². The smallest absolute Gasteiger partial charge is 0.274 e. The zero-order valence-corrected chi connectivity index (χ0v) is 15.7. The average molecular weight is 378 g/mol. The summed E-state index contributed by atoms with van der Waals surface area (Å²) in [4.78, 5) is 15.3. The molecule has 1 saturated heterocycles. The number of nitrogens with one attached hydrogen (secondary N) is 1. The number of aromatic nitrogens is 2. The number of benzene rings is 1. The number of morpholine rings is 1. The Morgan fingerprint density at radius 1 is 1.21 bits per heavy atom. The molecule has 7 heteroatoms. The van der Waals surface area contributed by atoms with Crippen molar-refractivity contribution in [2.45, 2.75) is 19.4 Å². The van der Waals surface area contributed by atoms with Gasteiger partial charge in [0.1, 0.15) is 17.5 Å². The van der Waals surface area contributed by atoms with Crippen LogP contribution in [-0.2, 0) is 11.2 Å². The van der Waals surface area contributed by atoms with Gasteiger partial charge in [-0.15, -0.1) is 0 Å². The number of fused-ring (bicyclic) bond motifs is 2. The van der Waals surface area contributed by atoms with Gasteiger partial charge in [0.15, 0.2) is 0 Å². The zero-order valence-electron chi connectivity index (χ0n) is 15.7. The third kappa shape index (κ3) is 2.97. The Balaban J connectivity index is 1.51. The van der Waals surface area contributed by atoms with E-state index in [1.165, 1.54) is 0 Å². The van der Waals surface area contributed by atoms with Gasteiger partial charge in [-0.1, -0.05) is 0 Å². The van der Waals surface area contributed by atoms with Crippen LogP contribution in [0.25, 0.3) is 5.52 Å². The highest BCUT2D eigenvalue weighted by Crippen LogP contribution is 2.39. The van der Waals surface area contributed by atoms with Gasteiger partial charge in [-0.3, -0.25) is 4.79 Å². The number of hydrogen-bond donors (Lipinski definition) is 1. The highest BCUT2D eigenvalue weighted by molar-refractivity contribution is 6.05. The first-order valence-electron chi connectivity index (χ1n) is 9.59. The number of amides is 1. The fourth-order valence-corrected chi connectivity index (χ4v) is 3.92. The van der Waals surface area contributed by atoms with Crippen molar-refractivity contribution in [3.05, 3.63) is 53.9 Å². The summed E-state index contributed by atoms with van der Waals surface area (Å²) in [6, 6.07) is 11.6. The summed E-state index contributed by atoms with van der Waals surface area (Å²) in [5.41, 5.74) is 4.29. The lowest BCUT2D eigenvalue weighted by molar-refractivity contribution is 0.102. The highest BCUT2D eigenvalue weighted by Gasteiger charge is 2.25. The molecule has 0 aliphatic carbocycles. The Morgan fingerprint density at radius 3 is 2.93 bits per heavy atom. The molecule has 144 valence electrons. The van der Waals surface area contributed by atoms with E-state index >= 15 is 0 Å². The minimum Gasteiger partial charge on any atom is -0.490 e. The van der Waals surface area contributed by atoms with Crippen LogP contribution in [0.5, 0.6) is 5.75 Å². The first-order valence-corrected chi connectivity index (χ1v) is 9.59. The molecule has 0 radical (unpaired) electrons. The Hall–Kier alpha value is -3.06. The molecule has 2 aromatic heterocycles. The van der Waals surface area contributed by atoms with Crippen LogP contribution in [0.15, 0.2) is 42.6 Å². The summed E-state index contributed by atoms with van der Waals surface area (Å²) < 4.78 is 13.1. The topological polar surface area (TPSA) is 68.1 Å². The van der Waals surface area contributed by atoms with Crippen LogP contribution in [0.3, 0.4) is 0 Å². The van der Waals surface area contributed by atoms with E-state index in [1.54, 1.807) is 16.8 Å². The second kappa shape index (κ2) is 6.83. The van der Waals surface area contributed by atoms with E-state index in [1.807, 2.05) is 30.3 Å². The molecule has 7 nitrogen and oxygen atoms in total. The van der Waals surface area contributed by atoms with Crippen molar-refractivity contribution in [3.8, 4) is 5.75 Å². The third-order valence-electron chi connectivity index (χ3n) is 5.27. The van der Waals surface area contributed by atoms with Crippen LogP contribution >= 0.6 is 0 Å². The fourth-order valence-electron chi connectivity index (χ4n) is 3.92. The molecule has 1 unspecified atom stereocenters. The number of carbonyl (C=O) groups excluding carboxylic acids is 1. The maximum Gasteiger partial charge on any atom is 0.274 e. The van der Waals surface area contributed by atoms with Crippen LogP contribution in [0.2, 0.25) is 0 Å². The Bertz CT molecular complexity index is 1040. The molecule has 5 rings (SSSR count). The summed E-state index contributed by atoms with van der Waals surface area (Å²) in [5, 5.41) is 7.40. The molecule has 0 saturated carbocycles. The quantitative estimate of drug-likeness (QED) is 0.759. The second-order valence-corrected chi connectivity index (χ2v) is 7.24. The Kier molecular flexibility index (Phi) is 4.16. The SMILES string of the molecule is CC1Cc2cc(NC(=O)c3ccc4cccnn34)c(N3CCOCC3)cc2O1. The lowest BCUT2D eigenvalue weighted by Gasteiger charge is -2.31. The molecule has 3 aromatic rings. The van der Waals surface area contributed by atoms with E-state index in [0.29, 0.717) is 18.9 Å². The summed E-state index contributed by atoms with van der Waals surface area (Å²) in [6.45, 7) is 4.98. The van der Waals surface area contributed by atoms with E-state index in [2.05, 4.69) is 22.2 Å². The van der Waals surface area contributed by atoms with Crippen LogP contribution in [0, 0.1) is 0 Å². The van der Waals surface area contributed by atoms with Crippen LogP contribution in [-0.4, -0.2) is 47.9 Å². The summed E-state index contributed by atoms with van der Waals surface area (Å²) >= 11 is 0. The minimum atomic E-state index is -0.180. The molecule has 1 amide bonds. The van der Waals surface area contributed by atoms with Gasteiger partial charge < -0.3 is 19.7 Å². The van der Waals surface area contributed by atoms with Crippen molar-refractivity contribution >= 4 is 22.8 Å². The molecule has 0 bridgehead atoms. The van der Waals surface area contributed by atoms with E-state index in [-0.39, 0.29) is 12.0 Å². The molecule has 4 heterocycles. The van der Waals surface area contributed by atoms with Crippen LogP contribution < -0.4 is 15.0 Å². The summed E-state index contributed by atoms with van der Waals surface area (Å²) in [6.07, 6.45) is 2.67.